The van der Waals surface area contributed by atoms with Crippen LogP contribution in [0.5, 0.6) is 0 Å². The van der Waals surface area contributed by atoms with Crippen molar-refractivity contribution in [1.82, 2.24) is 0 Å². The summed E-state index contributed by atoms with van der Waals surface area (Å²) in [6.45, 7) is 2.03. The van der Waals surface area contributed by atoms with Gasteiger partial charge in [0.05, 0.1) is 17.0 Å². The summed E-state index contributed by atoms with van der Waals surface area (Å²) in [6.07, 6.45) is 2.26. The van der Waals surface area contributed by atoms with Gasteiger partial charge in [-0.05, 0) is 48.2 Å². The SMILES string of the molecule is Cc1ccc(N=C2CCCC(=O)/C2=C(/O)Cc2cccc3ccccc23)cc1. The van der Waals surface area contributed by atoms with Crippen LogP contribution in [0.4, 0.5) is 5.69 Å². The van der Waals surface area contributed by atoms with Crippen LogP contribution in [-0.4, -0.2) is 16.6 Å². The van der Waals surface area contributed by atoms with Gasteiger partial charge in [0.15, 0.2) is 5.78 Å². The van der Waals surface area contributed by atoms with E-state index in [1.54, 1.807) is 0 Å². The predicted octanol–water partition coefficient (Wildman–Crippen LogP) is 6.03. The van der Waals surface area contributed by atoms with Gasteiger partial charge in [0.25, 0.3) is 0 Å². The van der Waals surface area contributed by atoms with E-state index in [1.165, 1.54) is 5.56 Å². The van der Waals surface area contributed by atoms with E-state index in [9.17, 15) is 9.90 Å². The fraction of sp³-hybridized carbons (Fsp3) is 0.200. The number of rotatable bonds is 3. The van der Waals surface area contributed by atoms with Gasteiger partial charge < -0.3 is 5.11 Å². The van der Waals surface area contributed by atoms with Gasteiger partial charge in [0.2, 0.25) is 0 Å². The van der Waals surface area contributed by atoms with Crippen LogP contribution in [0.25, 0.3) is 10.8 Å². The number of aliphatic imine (C=N–C) groups is 1. The van der Waals surface area contributed by atoms with Crippen LogP contribution in [0.2, 0.25) is 0 Å². The minimum Gasteiger partial charge on any atom is -0.511 e. The van der Waals surface area contributed by atoms with Crippen molar-refractivity contribution in [2.45, 2.75) is 32.6 Å². The molecule has 1 N–H and O–H groups in total. The molecule has 1 aliphatic carbocycles. The van der Waals surface area contributed by atoms with Crippen molar-refractivity contribution < 1.29 is 9.90 Å². The molecule has 0 aliphatic heterocycles. The van der Waals surface area contributed by atoms with Gasteiger partial charge >= 0.3 is 0 Å². The van der Waals surface area contributed by atoms with Crippen LogP contribution in [-0.2, 0) is 11.2 Å². The van der Waals surface area contributed by atoms with Crippen LogP contribution in [0, 0.1) is 6.92 Å². The smallest absolute Gasteiger partial charge is 0.168 e. The average molecular weight is 369 g/mol. The van der Waals surface area contributed by atoms with Crippen molar-refractivity contribution in [1.29, 1.82) is 0 Å². The molecule has 3 nitrogen and oxygen atoms in total. The molecule has 0 radical (unpaired) electrons. The Hall–Kier alpha value is -3.20. The Morgan fingerprint density at radius 3 is 2.54 bits per heavy atom. The molecule has 0 heterocycles. The van der Waals surface area contributed by atoms with Gasteiger partial charge in [0.1, 0.15) is 5.76 Å². The number of ketones is 1. The number of hydrogen-bond acceptors (Lipinski definition) is 3. The maximum absolute atomic E-state index is 12.6. The summed E-state index contributed by atoms with van der Waals surface area (Å²) in [5.74, 6) is 0.0989. The molecule has 3 aromatic rings. The van der Waals surface area contributed by atoms with Gasteiger partial charge in [-0.25, -0.2) is 0 Å². The van der Waals surface area contributed by atoms with E-state index in [-0.39, 0.29) is 11.5 Å². The van der Waals surface area contributed by atoms with E-state index >= 15 is 0 Å². The van der Waals surface area contributed by atoms with Gasteiger partial charge in [-0.1, -0.05) is 60.2 Å². The monoisotopic (exact) mass is 369 g/mol. The number of hydrogen-bond donors (Lipinski definition) is 1. The van der Waals surface area contributed by atoms with Crippen molar-refractivity contribution in [3.8, 4) is 0 Å². The number of nitrogens with zero attached hydrogens (tertiary/aromatic N) is 1. The van der Waals surface area contributed by atoms with E-state index in [0.29, 0.717) is 30.5 Å². The van der Waals surface area contributed by atoms with Crippen LogP contribution >= 0.6 is 0 Å². The third-order valence-corrected chi connectivity index (χ3v) is 5.21. The van der Waals surface area contributed by atoms with Crippen LogP contribution in [0.3, 0.4) is 0 Å². The number of aliphatic hydroxyl groups excluding tert-OH is 1. The molecule has 1 aliphatic rings. The lowest BCUT2D eigenvalue weighted by Gasteiger charge is -2.18. The summed E-state index contributed by atoms with van der Waals surface area (Å²) in [7, 11) is 0. The molecule has 3 heteroatoms. The molecule has 0 unspecified atom stereocenters. The fourth-order valence-corrected chi connectivity index (χ4v) is 3.76. The van der Waals surface area contributed by atoms with Gasteiger partial charge in [0, 0.05) is 12.8 Å². The fourth-order valence-electron chi connectivity index (χ4n) is 3.76. The number of carbonyl (C=O) groups excluding carboxylic acids is 1. The Labute approximate surface area is 165 Å². The lowest BCUT2D eigenvalue weighted by molar-refractivity contribution is -0.115. The summed E-state index contributed by atoms with van der Waals surface area (Å²) >= 11 is 0. The highest BCUT2D eigenvalue weighted by Crippen LogP contribution is 2.27. The molecule has 1 fully saturated rings. The van der Waals surface area contributed by atoms with E-state index in [0.717, 1.165) is 28.4 Å². The molecule has 0 amide bonds. The molecule has 28 heavy (non-hydrogen) atoms. The Morgan fingerprint density at radius 1 is 0.964 bits per heavy atom. The molecule has 140 valence electrons. The maximum Gasteiger partial charge on any atom is 0.168 e. The van der Waals surface area contributed by atoms with Crippen molar-refractivity contribution in [2.75, 3.05) is 0 Å². The Kier molecular flexibility index (Phi) is 5.07. The number of aliphatic hydroxyl groups is 1. The maximum atomic E-state index is 12.6. The summed E-state index contributed by atoms with van der Waals surface area (Å²) < 4.78 is 0. The first kappa shape index (κ1) is 18.2. The lowest BCUT2D eigenvalue weighted by atomic mass is 9.88. The first-order valence-corrected chi connectivity index (χ1v) is 9.68. The first-order valence-electron chi connectivity index (χ1n) is 9.68. The zero-order valence-corrected chi connectivity index (χ0v) is 16.0. The Morgan fingerprint density at radius 2 is 1.71 bits per heavy atom. The normalized spacial score (nSPS) is 17.9. The molecule has 1 saturated carbocycles. The molecule has 0 aromatic heterocycles. The first-order chi connectivity index (χ1) is 13.6. The summed E-state index contributed by atoms with van der Waals surface area (Å²) in [4.78, 5) is 17.3. The number of fused-ring (bicyclic) bond motifs is 1. The minimum atomic E-state index is -0.0187. The molecule has 0 atom stereocenters. The molecule has 3 aromatic carbocycles. The van der Waals surface area contributed by atoms with Crippen molar-refractivity contribution >= 4 is 28.0 Å². The van der Waals surface area contributed by atoms with Gasteiger partial charge in [-0.15, -0.1) is 0 Å². The molecule has 0 spiro atoms. The summed E-state index contributed by atoms with van der Waals surface area (Å²) in [5.41, 5.74) is 4.08. The Bertz CT molecular complexity index is 1090. The number of carbonyl (C=O) groups is 1. The van der Waals surface area contributed by atoms with E-state index in [2.05, 4.69) is 12.1 Å². The third-order valence-electron chi connectivity index (χ3n) is 5.21. The lowest BCUT2D eigenvalue weighted by Crippen LogP contribution is -2.21. The second-order valence-corrected chi connectivity index (χ2v) is 7.31. The van der Waals surface area contributed by atoms with Gasteiger partial charge in [-0.2, -0.15) is 0 Å². The van der Waals surface area contributed by atoms with Crippen LogP contribution in [0.15, 0.2) is 83.1 Å². The highest BCUT2D eigenvalue weighted by Gasteiger charge is 2.25. The minimum absolute atomic E-state index is 0.0187. The number of aryl methyl sites for hydroxylation is 1. The quantitative estimate of drug-likeness (QED) is 0.453. The van der Waals surface area contributed by atoms with Crippen LogP contribution in [0.1, 0.15) is 30.4 Å². The number of benzene rings is 3. The second-order valence-electron chi connectivity index (χ2n) is 7.31. The Balaban J connectivity index is 1.74. The highest BCUT2D eigenvalue weighted by molar-refractivity contribution is 6.24. The summed E-state index contributed by atoms with van der Waals surface area (Å²) in [5, 5.41) is 13.1. The van der Waals surface area contributed by atoms with Crippen molar-refractivity contribution in [2.24, 2.45) is 4.99 Å². The number of allylic oxidation sites excluding steroid dienone is 2. The zero-order valence-electron chi connectivity index (χ0n) is 16.0. The van der Waals surface area contributed by atoms with E-state index in [1.807, 2.05) is 61.5 Å². The van der Waals surface area contributed by atoms with Gasteiger partial charge in [-0.3, -0.25) is 9.79 Å². The molecule has 0 bridgehead atoms. The van der Waals surface area contributed by atoms with E-state index in [4.69, 9.17) is 4.99 Å². The summed E-state index contributed by atoms with van der Waals surface area (Å²) in [6, 6.07) is 22.0. The van der Waals surface area contributed by atoms with E-state index < -0.39 is 0 Å². The molecular formula is C25H23NO2. The highest BCUT2D eigenvalue weighted by atomic mass is 16.3. The second kappa shape index (κ2) is 7.81. The van der Waals surface area contributed by atoms with Crippen LogP contribution < -0.4 is 0 Å². The molecule has 4 rings (SSSR count). The molecular weight excluding hydrogens is 346 g/mol. The topological polar surface area (TPSA) is 49.7 Å². The molecule has 0 saturated heterocycles. The zero-order chi connectivity index (χ0) is 19.5. The van der Waals surface area contributed by atoms with Crippen molar-refractivity contribution in [3.63, 3.8) is 0 Å². The predicted molar refractivity (Wildman–Crippen MR) is 114 cm³/mol. The largest absolute Gasteiger partial charge is 0.511 e. The standard InChI is InChI=1S/C25H23NO2/c1-17-12-14-20(15-13-17)26-22-10-5-11-23(27)25(22)24(28)16-19-8-4-7-18-6-2-3-9-21(18)19/h2-4,6-9,12-15,28H,5,10-11,16H2,1H3/b25-24+,26-22?. The van der Waals surface area contributed by atoms with Crippen molar-refractivity contribution in [3.05, 3.63) is 89.2 Å². The number of Topliss-reactive ketones (excluding diaryl/α,β-unsaturated/α-hetero) is 1. The third kappa shape index (κ3) is 3.74. The average Bonchev–Trinajstić information content (AvgIpc) is 2.70.